The molecule has 3 aromatic rings. The zero-order chi connectivity index (χ0) is 24.0. The summed E-state index contributed by atoms with van der Waals surface area (Å²) in [5.74, 6) is 1.22. The van der Waals surface area contributed by atoms with Crippen LogP contribution in [0, 0.1) is 5.41 Å². The molecule has 0 aliphatic carbocycles. The van der Waals surface area contributed by atoms with Gasteiger partial charge in [0.05, 0.1) is 5.56 Å². The molecule has 0 spiro atoms. The maximum Gasteiger partial charge on any atom is 0.259 e. The number of likely N-dealkylation sites (tertiary alicyclic amines) is 1. The van der Waals surface area contributed by atoms with Gasteiger partial charge in [-0.1, -0.05) is 50.2 Å². The molecule has 0 amide bonds. The molecular formula is C26H34N4O3. The van der Waals surface area contributed by atoms with Gasteiger partial charge in [0, 0.05) is 43.6 Å². The van der Waals surface area contributed by atoms with Gasteiger partial charge in [-0.3, -0.25) is 4.98 Å². The molecule has 7 nitrogen and oxygen atoms in total. The van der Waals surface area contributed by atoms with E-state index in [1.165, 1.54) is 5.56 Å². The molecule has 0 saturated carbocycles. The molecule has 1 aliphatic heterocycles. The Balaban J connectivity index is 1.79. The Kier molecular flexibility index (Phi) is 5.93. The Morgan fingerprint density at radius 2 is 1.79 bits per heavy atom. The Hall–Kier alpha value is -2.61. The summed E-state index contributed by atoms with van der Waals surface area (Å²) < 4.78 is 11.0. The van der Waals surface area contributed by atoms with Crippen molar-refractivity contribution in [2.45, 2.75) is 51.7 Å². The van der Waals surface area contributed by atoms with Crippen LogP contribution in [0.3, 0.4) is 0 Å². The van der Waals surface area contributed by atoms with Crippen molar-refractivity contribution in [3.05, 3.63) is 65.2 Å². The van der Waals surface area contributed by atoms with E-state index in [9.17, 15) is 5.11 Å². The molecule has 3 heterocycles. The van der Waals surface area contributed by atoms with Crippen LogP contribution in [0.5, 0.6) is 0 Å². The average molecular weight is 451 g/mol. The third kappa shape index (κ3) is 3.98. The first-order valence-corrected chi connectivity index (χ1v) is 11.4. The second-order valence-electron chi connectivity index (χ2n) is 10.3. The topological polar surface area (TPSA) is 84.5 Å². The highest BCUT2D eigenvalue weighted by molar-refractivity contribution is 5.55. The minimum absolute atomic E-state index is 0.345. The fourth-order valence-corrected chi connectivity index (χ4v) is 4.78. The van der Waals surface area contributed by atoms with Crippen molar-refractivity contribution in [1.29, 1.82) is 0 Å². The zero-order valence-corrected chi connectivity index (χ0v) is 20.6. The van der Waals surface area contributed by atoms with Gasteiger partial charge in [0.25, 0.3) is 5.89 Å². The molecule has 0 bridgehead atoms. The molecule has 0 unspecified atom stereocenters. The molecule has 2 aromatic heterocycles. The van der Waals surface area contributed by atoms with Crippen molar-refractivity contribution in [2.75, 3.05) is 27.2 Å². The lowest BCUT2D eigenvalue weighted by Crippen LogP contribution is -2.63. The number of benzene rings is 1. The summed E-state index contributed by atoms with van der Waals surface area (Å²) in [5.41, 5.74) is 1.18. The van der Waals surface area contributed by atoms with Crippen LogP contribution in [0.1, 0.15) is 63.1 Å². The van der Waals surface area contributed by atoms with Crippen LogP contribution >= 0.6 is 0 Å². The number of methoxy groups -OCH3 is 1. The molecule has 4 rings (SSSR count). The molecule has 1 atom stereocenters. The van der Waals surface area contributed by atoms with Crippen molar-refractivity contribution in [1.82, 2.24) is 20.0 Å². The van der Waals surface area contributed by atoms with Crippen molar-refractivity contribution in [2.24, 2.45) is 5.41 Å². The average Bonchev–Trinajstić information content (AvgIpc) is 3.29. The Morgan fingerprint density at radius 3 is 2.36 bits per heavy atom. The van der Waals surface area contributed by atoms with Gasteiger partial charge >= 0.3 is 0 Å². The number of ether oxygens (including phenoxy) is 1. The third-order valence-electron chi connectivity index (χ3n) is 6.98. The number of hydrogen-bond donors (Lipinski definition) is 1. The van der Waals surface area contributed by atoms with Crippen LogP contribution in [0.2, 0.25) is 0 Å². The lowest BCUT2D eigenvalue weighted by atomic mass is 9.62. The van der Waals surface area contributed by atoms with Crippen LogP contribution < -0.4 is 0 Å². The van der Waals surface area contributed by atoms with Gasteiger partial charge in [0.1, 0.15) is 11.2 Å². The number of hydrogen-bond acceptors (Lipinski definition) is 7. The monoisotopic (exact) mass is 450 g/mol. The third-order valence-corrected chi connectivity index (χ3v) is 6.98. The second-order valence-corrected chi connectivity index (χ2v) is 10.3. The van der Waals surface area contributed by atoms with Crippen LogP contribution in [0.25, 0.3) is 11.5 Å². The van der Waals surface area contributed by atoms with E-state index in [0.29, 0.717) is 28.8 Å². The van der Waals surface area contributed by atoms with Gasteiger partial charge in [-0.15, -0.1) is 0 Å². The van der Waals surface area contributed by atoms with Gasteiger partial charge in [-0.25, -0.2) is 0 Å². The molecule has 0 radical (unpaired) electrons. The molecule has 1 aliphatic rings. The van der Waals surface area contributed by atoms with Gasteiger partial charge < -0.3 is 19.3 Å². The Labute approximate surface area is 195 Å². The van der Waals surface area contributed by atoms with E-state index in [-0.39, 0.29) is 5.41 Å². The van der Waals surface area contributed by atoms with Gasteiger partial charge in [-0.05, 0) is 44.0 Å². The molecule has 7 heteroatoms. The molecule has 1 aromatic carbocycles. The fourth-order valence-electron chi connectivity index (χ4n) is 4.78. The molecular weight excluding hydrogens is 416 g/mol. The van der Waals surface area contributed by atoms with Gasteiger partial charge in [0.2, 0.25) is 5.82 Å². The van der Waals surface area contributed by atoms with Gasteiger partial charge in [-0.2, -0.15) is 4.98 Å². The Bertz CT molecular complexity index is 1120. The number of nitrogens with zero attached hydrogens (tertiary/aromatic N) is 4. The SMILES string of the molecule is COC(C)(C)c1noc(-c2cncc([C@@](O)(c3ccc(C(C)C)cc3)C3(C)CN(C)C3)c2)n1. The number of aromatic nitrogens is 3. The van der Waals surface area contributed by atoms with Crippen LogP contribution in [0.15, 0.2) is 47.2 Å². The van der Waals surface area contributed by atoms with E-state index in [1.54, 1.807) is 19.5 Å². The van der Waals surface area contributed by atoms with E-state index >= 15 is 0 Å². The summed E-state index contributed by atoms with van der Waals surface area (Å²) >= 11 is 0. The van der Waals surface area contributed by atoms with Crippen LogP contribution in [-0.2, 0) is 15.9 Å². The normalized spacial score (nSPS) is 18.2. The first kappa shape index (κ1) is 23.5. The predicted molar refractivity (Wildman–Crippen MR) is 127 cm³/mol. The first-order chi connectivity index (χ1) is 15.5. The maximum absolute atomic E-state index is 12.4. The minimum atomic E-state index is -1.23. The van der Waals surface area contributed by atoms with Crippen LogP contribution in [0.4, 0.5) is 0 Å². The number of pyridine rings is 1. The van der Waals surface area contributed by atoms with E-state index in [0.717, 1.165) is 18.7 Å². The molecule has 176 valence electrons. The molecule has 1 N–H and O–H groups in total. The summed E-state index contributed by atoms with van der Waals surface area (Å²) in [6, 6.07) is 10.2. The molecule has 1 fully saturated rings. The van der Waals surface area contributed by atoms with E-state index in [1.807, 2.05) is 32.0 Å². The van der Waals surface area contributed by atoms with Crippen molar-refractivity contribution >= 4 is 0 Å². The van der Waals surface area contributed by atoms with Crippen molar-refractivity contribution < 1.29 is 14.4 Å². The fraction of sp³-hybridized carbons (Fsp3) is 0.500. The lowest BCUT2D eigenvalue weighted by molar-refractivity contribution is -0.127. The summed E-state index contributed by atoms with van der Waals surface area (Å²) in [6.45, 7) is 11.8. The summed E-state index contributed by atoms with van der Waals surface area (Å²) in [5, 5.41) is 16.5. The standard InChI is InChI=1S/C26H34N4O3/c1-17(2)18-8-10-20(11-9-18)26(31,25(5)15-30(6)16-25)21-12-19(13-27-14-21)22-28-23(29-33-22)24(3,4)32-7/h8-14,17,31H,15-16H2,1-7H3/t26-/m0/s1. The predicted octanol–water partition coefficient (Wildman–Crippen LogP) is 4.32. The van der Waals surface area contributed by atoms with E-state index in [4.69, 9.17) is 9.26 Å². The maximum atomic E-state index is 12.4. The Morgan fingerprint density at radius 1 is 1.12 bits per heavy atom. The minimum Gasteiger partial charge on any atom is -0.380 e. The lowest BCUT2D eigenvalue weighted by Gasteiger charge is -2.55. The molecule has 33 heavy (non-hydrogen) atoms. The van der Waals surface area contributed by atoms with Crippen LogP contribution in [-0.4, -0.2) is 52.4 Å². The highest BCUT2D eigenvalue weighted by Crippen LogP contribution is 2.50. The quantitative estimate of drug-likeness (QED) is 0.574. The van der Waals surface area contributed by atoms with E-state index in [2.05, 4.69) is 60.0 Å². The zero-order valence-electron chi connectivity index (χ0n) is 20.6. The number of rotatable bonds is 7. The summed E-state index contributed by atoms with van der Waals surface area (Å²) in [4.78, 5) is 11.2. The molecule has 1 saturated heterocycles. The van der Waals surface area contributed by atoms with Crippen molar-refractivity contribution in [3.63, 3.8) is 0 Å². The largest absolute Gasteiger partial charge is 0.380 e. The number of aliphatic hydroxyl groups is 1. The first-order valence-electron chi connectivity index (χ1n) is 11.4. The highest BCUT2D eigenvalue weighted by atomic mass is 16.5. The highest BCUT2D eigenvalue weighted by Gasteiger charge is 2.55. The van der Waals surface area contributed by atoms with Gasteiger partial charge in [0.15, 0.2) is 0 Å². The van der Waals surface area contributed by atoms with Crippen molar-refractivity contribution in [3.8, 4) is 11.5 Å². The smallest absolute Gasteiger partial charge is 0.259 e. The summed E-state index contributed by atoms with van der Waals surface area (Å²) in [6.07, 6.45) is 3.41. The summed E-state index contributed by atoms with van der Waals surface area (Å²) in [7, 11) is 3.68. The second kappa shape index (κ2) is 8.31. The van der Waals surface area contributed by atoms with E-state index < -0.39 is 11.2 Å².